The molecule has 0 aromatic heterocycles. The Morgan fingerprint density at radius 2 is 2.04 bits per heavy atom. The number of benzene rings is 2. The van der Waals surface area contributed by atoms with E-state index in [9.17, 15) is 4.79 Å². The number of amides is 1. The van der Waals surface area contributed by atoms with Crippen molar-refractivity contribution >= 4 is 11.6 Å². The number of nitrogens with zero attached hydrogens (tertiary/aromatic N) is 1. The third-order valence-electron chi connectivity index (χ3n) is 4.09. The third-order valence-corrected chi connectivity index (χ3v) is 4.09. The maximum Gasteiger partial charge on any atom is 0.231 e. The highest BCUT2D eigenvalue weighted by Gasteiger charge is 2.26. The largest absolute Gasteiger partial charge is 0.496 e. The third kappa shape index (κ3) is 3.02. The van der Waals surface area contributed by atoms with Gasteiger partial charge in [-0.1, -0.05) is 24.3 Å². The number of hydrogen-bond acceptors (Lipinski definition) is 3. The molecule has 0 fully saturated rings. The Kier molecular flexibility index (Phi) is 4.24. The van der Waals surface area contributed by atoms with Crippen LogP contribution in [0.3, 0.4) is 0 Å². The van der Waals surface area contributed by atoms with Crippen LogP contribution in [0, 0.1) is 13.8 Å². The molecule has 1 aliphatic rings. The number of rotatable bonds is 3. The second-order valence-electron chi connectivity index (χ2n) is 5.81. The zero-order valence-corrected chi connectivity index (χ0v) is 13.8. The molecule has 0 N–H and O–H groups in total. The lowest BCUT2D eigenvalue weighted by atomic mass is 10.1. The number of carbonyl (C=O) groups excluding carboxylic acids is 1. The van der Waals surface area contributed by atoms with Crippen molar-refractivity contribution in [2.75, 3.05) is 25.2 Å². The van der Waals surface area contributed by atoms with E-state index in [2.05, 4.69) is 6.07 Å². The van der Waals surface area contributed by atoms with Gasteiger partial charge in [0.2, 0.25) is 5.91 Å². The van der Waals surface area contributed by atoms with Crippen molar-refractivity contribution in [2.45, 2.75) is 20.3 Å². The predicted octanol–water partition coefficient (Wildman–Crippen LogP) is 3.28. The van der Waals surface area contributed by atoms with Gasteiger partial charge in [-0.25, -0.2) is 0 Å². The molecule has 1 aliphatic heterocycles. The molecule has 0 aliphatic carbocycles. The van der Waals surface area contributed by atoms with Crippen molar-refractivity contribution in [3.05, 3.63) is 53.1 Å². The average molecular weight is 311 g/mol. The van der Waals surface area contributed by atoms with Gasteiger partial charge in [-0.2, -0.15) is 0 Å². The van der Waals surface area contributed by atoms with Gasteiger partial charge in [0.15, 0.2) is 0 Å². The molecule has 120 valence electrons. The van der Waals surface area contributed by atoms with Crippen LogP contribution in [0.15, 0.2) is 36.4 Å². The summed E-state index contributed by atoms with van der Waals surface area (Å²) in [4.78, 5) is 14.7. The Labute approximate surface area is 136 Å². The molecule has 1 amide bonds. The molecular weight excluding hydrogens is 290 g/mol. The van der Waals surface area contributed by atoms with Crippen molar-refractivity contribution < 1.29 is 14.3 Å². The van der Waals surface area contributed by atoms with Gasteiger partial charge in [-0.15, -0.1) is 0 Å². The van der Waals surface area contributed by atoms with Crippen LogP contribution in [0.2, 0.25) is 0 Å². The molecule has 1 heterocycles. The zero-order valence-electron chi connectivity index (χ0n) is 13.8. The standard InChI is InChI=1S/C19H21NO3/c1-13-10-14(2)19-17(11-13)23-9-8-20(19)18(21)12-15-6-4-5-7-16(15)22-3/h4-7,10-11H,8-9,12H2,1-3H3. The maximum absolute atomic E-state index is 12.9. The van der Waals surface area contributed by atoms with Crippen LogP contribution in [0.5, 0.6) is 11.5 Å². The van der Waals surface area contributed by atoms with Crippen molar-refractivity contribution in [2.24, 2.45) is 0 Å². The molecule has 0 unspecified atom stereocenters. The summed E-state index contributed by atoms with van der Waals surface area (Å²) in [6, 6.07) is 11.7. The zero-order chi connectivity index (χ0) is 16.4. The van der Waals surface area contributed by atoms with Crippen molar-refractivity contribution in [1.29, 1.82) is 0 Å². The molecule has 4 nitrogen and oxygen atoms in total. The number of aryl methyl sites for hydroxylation is 2. The number of carbonyl (C=O) groups is 1. The molecule has 0 saturated carbocycles. The highest BCUT2D eigenvalue weighted by molar-refractivity contribution is 5.97. The van der Waals surface area contributed by atoms with Crippen molar-refractivity contribution in [3.8, 4) is 11.5 Å². The van der Waals surface area contributed by atoms with Gasteiger partial charge in [0.1, 0.15) is 18.1 Å². The summed E-state index contributed by atoms with van der Waals surface area (Å²) in [6.07, 6.45) is 0.316. The van der Waals surface area contributed by atoms with Gasteiger partial charge >= 0.3 is 0 Å². The van der Waals surface area contributed by atoms with E-state index < -0.39 is 0 Å². The maximum atomic E-state index is 12.9. The molecule has 0 atom stereocenters. The monoisotopic (exact) mass is 311 g/mol. The van der Waals surface area contributed by atoms with E-state index in [0.29, 0.717) is 19.6 Å². The lowest BCUT2D eigenvalue weighted by Gasteiger charge is -2.31. The fraction of sp³-hybridized carbons (Fsp3) is 0.316. The van der Waals surface area contributed by atoms with E-state index in [1.807, 2.05) is 49.1 Å². The predicted molar refractivity (Wildman–Crippen MR) is 90.5 cm³/mol. The molecule has 4 heteroatoms. The van der Waals surface area contributed by atoms with Gasteiger partial charge in [-0.3, -0.25) is 4.79 Å². The Hall–Kier alpha value is -2.49. The van der Waals surface area contributed by atoms with Crippen LogP contribution in [-0.4, -0.2) is 26.2 Å². The minimum Gasteiger partial charge on any atom is -0.496 e. The van der Waals surface area contributed by atoms with E-state index in [-0.39, 0.29) is 5.91 Å². The van der Waals surface area contributed by atoms with Crippen LogP contribution in [0.25, 0.3) is 0 Å². The Bertz CT molecular complexity index is 739. The number of hydrogen-bond donors (Lipinski definition) is 0. The van der Waals surface area contributed by atoms with E-state index in [1.54, 1.807) is 7.11 Å². The quantitative estimate of drug-likeness (QED) is 0.873. The lowest BCUT2D eigenvalue weighted by Crippen LogP contribution is -2.39. The van der Waals surface area contributed by atoms with Gasteiger partial charge < -0.3 is 14.4 Å². The number of anilines is 1. The summed E-state index contributed by atoms with van der Waals surface area (Å²) in [7, 11) is 1.63. The lowest BCUT2D eigenvalue weighted by molar-refractivity contribution is -0.118. The van der Waals surface area contributed by atoms with E-state index in [1.165, 1.54) is 0 Å². The molecule has 2 aromatic carbocycles. The molecule has 0 saturated heterocycles. The second kappa shape index (κ2) is 6.32. The molecule has 0 radical (unpaired) electrons. The molecular formula is C19H21NO3. The van der Waals surface area contributed by atoms with Gasteiger partial charge in [-0.05, 0) is 37.1 Å². The summed E-state index contributed by atoms with van der Waals surface area (Å²) in [5.74, 6) is 1.60. The normalized spacial score (nSPS) is 13.3. The minimum absolute atomic E-state index is 0.0611. The molecule has 3 rings (SSSR count). The van der Waals surface area contributed by atoms with E-state index in [4.69, 9.17) is 9.47 Å². The number of ether oxygens (including phenoxy) is 2. The summed E-state index contributed by atoms with van der Waals surface area (Å²) in [5, 5.41) is 0. The van der Waals surface area contributed by atoms with Gasteiger partial charge in [0, 0.05) is 5.56 Å². The van der Waals surface area contributed by atoms with Crippen LogP contribution in [0.1, 0.15) is 16.7 Å². The fourth-order valence-corrected chi connectivity index (χ4v) is 3.09. The minimum atomic E-state index is 0.0611. The topological polar surface area (TPSA) is 38.8 Å². The first-order valence-corrected chi connectivity index (χ1v) is 7.76. The Balaban J connectivity index is 1.90. The van der Waals surface area contributed by atoms with Gasteiger partial charge in [0.05, 0.1) is 25.8 Å². The smallest absolute Gasteiger partial charge is 0.231 e. The molecule has 23 heavy (non-hydrogen) atoms. The van der Waals surface area contributed by atoms with Crippen LogP contribution in [-0.2, 0) is 11.2 Å². The summed E-state index contributed by atoms with van der Waals surface area (Å²) < 4.78 is 11.1. The van der Waals surface area contributed by atoms with Crippen LogP contribution < -0.4 is 14.4 Å². The molecule has 2 aromatic rings. The number of para-hydroxylation sites is 1. The number of fused-ring (bicyclic) bond motifs is 1. The van der Waals surface area contributed by atoms with E-state index in [0.717, 1.165) is 33.9 Å². The fourth-order valence-electron chi connectivity index (χ4n) is 3.09. The first kappa shape index (κ1) is 15.4. The van der Waals surface area contributed by atoms with Crippen LogP contribution in [0.4, 0.5) is 5.69 Å². The Morgan fingerprint density at radius 3 is 2.83 bits per heavy atom. The molecule has 0 bridgehead atoms. The van der Waals surface area contributed by atoms with Crippen molar-refractivity contribution in [3.63, 3.8) is 0 Å². The van der Waals surface area contributed by atoms with E-state index >= 15 is 0 Å². The van der Waals surface area contributed by atoms with Crippen molar-refractivity contribution in [1.82, 2.24) is 0 Å². The highest BCUT2D eigenvalue weighted by atomic mass is 16.5. The first-order valence-electron chi connectivity index (χ1n) is 7.76. The van der Waals surface area contributed by atoms with Crippen LogP contribution >= 0.6 is 0 Å². The Morgan fingerprint density at radius 1 is 1.26 bits per heavy atom. The molecule has 0 spiro atoms. The average Bonchev–Trinajstić information content (AvgIpc) is 2.54. The summed E-state index contributed by atoms with van der Waals surface area (Å²) >= 11 is 0. The number of methoxy groups -OCH3 is 1. The first-order chi connectivity index (χ1) is 11.1. The highest BCUT2D eigenvalue weighted by Crippen LogP contribution is 2.36. The SMILES string of the molecule is COc1ccccc1CC(=O)N1CCOc2cc(C)cc(C)c21. The second-order valence-corrected chi connectivity index (χ2v) is 5.81. The summed E-state index contributed by atoms with van der Waals surface area (Å²) in [6.45, 7) is 5.15. The summed E-state index contributed by atoms with van der Waals surface area (Å²) in [5.41, 5.74) is 3.99. The van der Waals surface area contributed by atoms with Gasteiger partial charge in [0.25, 0.3) is 0 Å².